The van der Waals surface area contributed by atoms with Crippen LogP contribution in [-0.2, 0) is 6.54 Å². The zero-order valence-corrected chi connectivity index (χ0v) is 11.8. The zero-order chi connectivity index (χ0) is 14.1. The van der Waals surface area contributed by atoms with Crippen LogP contribution in [0.1, 0.15) is 27.0 Å². The van der Waals surface area contributed by atoms with Gasteiger partial charge in [0.25, 0.3) is 0 Å². The van der Waals surface area contributed by atoms with Gasteiger partial charge in [0.15, 0.2) is 6.29 Å². The Labute approximate surface area is 118 Å². The molecule has 0 saturated carbocycles. The van der Waals surface area contributed by atoms with E-state index in [1.807, 2.05) is 24.4 Å². The van der Waals surface area contributed by atoms with Crippen molar-refractivity contribution in [2.75, 3.05) is 0 Å². The lowest BCUT2D eigenvalue weighted by Gasteiger charge is -2.09. The lowest BCUT2D eigenvalue weighted by Crippen LogP contribution is -2.00. The quantitative estimate of drug-likeness (QED) is 0.651. The predicted molar refractivity (Wildman–Crippen MR) is 82.3 cm³/mol. The van der Waals surface area contributed by atoms with Crippen LogP contribution < -0.4 is 0 Å². The lowest BCUT2D eigenvalue weighted by atomic mass is 10.1. The molecule has 0 N–H and O–H groups in total. The Hall–Kier alpha value is -2.35. The molecule has 3 rings (SSSR count). The zero-order valence-electron chi connectivity index (χ0n) is 11.8. The Morgan fingerprint density at radius 2 is 1.90 bits per heavy atom. The Kier molecular flexibility index (Phi) is 3.15. The maximum atomic E-state index is 11.2. The summed E-state index contributed by atoms with van der Waals surface area (Å²) in [5, 5.41) is 1.11. The third kappa shape index (κ3) is 2.14. The fourth-order valence-corrected chi connectivity index (χ4v) is 2.62. The second-order valence-electron chi connectivity index (χ2n) is 5.27. The summed E-state index contributed by atoms with van der Waals surface area (Å²) in [5.41, 5.74) is 5.62. The molecule has 0 unspecified atom stereocenters. The molecule has 2 nitrogen and oxygen atoms in total. The van der Waals surface area contributed by atoms with Crippen molar-refractivity contribution in [3.05, 3.63) is 70.9 Å². The van der Waals surface area contributed by atoms with Crippen molar-refractivity contribution in [2.24, 2.45) is 0 Å². The molecule has 100 valence electrons. The van der Waals surface area contributed by atoms with E-state index in [9.17, 15) is 4.79 Å². The molecule has 0 aliphatic carbocycles. The van der Waals surface area contributed by atoms with Crippen molar-refractivity contribution in [1.29, 1.82) is 0 Å². The Morgan fingerprint density at radius 3 is 2.65 bits per heavy atom. The van der Waals surface area contributed by atoms with E-state index in [0.717, 1.165) is 29.3 Å². The number of aldehydes is 1. The van der Waals surface area contributed by atoms with E-state index < -0.39 is 0 Å². The van der Waals surface area contributed by atoms with Crippen LogP contribution in [0.2, 0.25) is 0 Å². The van der Waals surface area contributed by atoms with Gasteiger partial charge in [-0.3, -0.25) is 4.79 Å². The van der Waals surface area contributed by atoms with E-state index in [1.165, 1.54) is 16.7 Å². The van der Waals surface area contributed by atoms with Gasteiger partial charge in [-0.2, -0.15) is 0 Å². The molecule has 0 fully saturated rings. The van der Waals surface area contributed by atoms with E-state index >= 15 is 0 Å². The van der Waals surface area contributed by atoms with Crippen molar-refractivity contribution in [2.45, 2.75) is 20.4 Å². The van der Waals surface area contributed by atoms with Crippen LogP contribution in [0.4, 0.5) is 0 Å². The Balaban J connectivity index is 2.06. The molecule has 1 heterocycles. The van der Waals surface area contributed by atoms with Gasteiger partial charge in [0, 0.05) is 23.7 Å². The third-order valence-electron chi connectivity index (χ3n) is 3.87. The number of fused-ring (bicyclic) bond motifs is 1. The summed E-state index contributed by atoms with van der Waals surface area (Å²) in [6, 6.07) is 14.4. The van der Waals surface area contributed by atoms with Crippen molar-refractivity contribution >= 4 is 17.2 Å². The summed E-state index contributed by atoms with van der Waals surface area (Å²) >= 11 is 0. The highest BCUT2D eigenvalue weighted by Crippen LogP contribution is 2.21. The van der Waals surface area contributed by atoms with Gasteiger partial charge in [-0.25, -0.2) is 0 Å². The van der Waals surface area contributed by atoms with E-state index in [-0.39, 0.29) is 0 Å². The molecule has 0 bridgehead atoms. The molecule has 0 spiro atoms. The summed E-state index contributed by atoms with van der Waals surface area (Å²) in [6.07, 6.45) is 2.98. The monoisotopic (exact) mass is 263 g/mol. The van der Waals surface area contributed by atoms with E-state index in [4.69, 9.17) is 0 Å². The normalized spacial score (nSPS) is 10.9. The van der Waals surface area contributed by atoms with Crippen molar-refractivity contribution in [1.82, 2.24) is 4.57 Å². The van der Waals surface area contributed by atoms with Gasteiger partial charge < -0.3 is 4.57 Å². The van der Waals surface area contributed by atoms with Gasteiger partial charge >= 0.3 is 0 Å². The van der Waals surface area contributed by atoms with Gasteiger partial charge in [-0.1, -0.05) is 30.3 Å². The Bertz CT molecular complexity index is 783. The molecule has 0 saturated heterocycles. The van der Waals surface area contributed by atoms with Crippen LogP contribution in [0.3, 0.4) is 0 Å². The van der Waals surface area contributed by atoms with Crippen molar-refractivity contribution < 1.29 is 4.79 Å². The van der Waals surface area contributed by atoms with Crippen molar-refractivity contribution in [3.63, 3.8) is 0 Å². The van der Waals surface area contributed by atoms with Crippen molar-refractivity contribution in [3.8, 4) is 0 Å². The highest BCUT2D eigenvalue weighted by molar-refractivity contribution is 5.96. The first-order valence-corrected chi connectivity index (χ1v) is 6.78. The number of hydrogen-bond donors (Lipinski definition) is 0. The van der Waals surface area contributed by atoms with Gasteiger partial charge in [0.2, 0.25) is 0 Å². The minimum absolute atomic E-state index is 0.747. The molecule has 0 aliphatic rings. The molecule has 0 aliphatic heterocycles. The standard InChI is InChI=1S/C18H17NO/c1-13-6-7-15(10-14(13)2)11-19-9-8-16-4-3-5-17(12-20)18(16)19/h3-10,12H,11H2,1-2H3. The molecule has 1 aromatic heterocycles. The van der Waals surface area contributed by atoms with Gasteiger partial charge in [-0.05, 0) is 42.7 Å². The molecule has 0 radical (unpaired) electrons. The number of aryl methyl sites for hydroxylation is 2. The first-order chi connectivity index (χ1) is 9.69. The van der Waals surface area contributed by atoms with E-state index in [0.29, 0.717) is 0 Å². The molecule has 3 aromatic rings. The highest BCUT2D eigenvalue weighted by atomic mass is 16.1. The highest BCUT2D eigenvalue weighted by Gasteiger charge is 2.06. The van der Waals surface area contributed by atoms with Crippen LogP contribution in [0.5, 0.6) is 0 Å². The fraction of sp³-hybridized carbons (Fsp3) is 0.167. The minimum atomic E-state index is 0.747. The maximum absolute atomic E-state index is 11.2. The summed E-state index contributed by atoms with van der Waals surface area (Å²) in [4.78, 5) is 11.2. The summed E-state index contributed by atoms with van der Waals surface area (Å²) in [6.45, 7) is 5.04. The van der Waals surface area contributed by atoms with Crippen LogP contribution in [0.25, 0.3) is 10.9 Å². The third-order valence-corrected chi connectivity index (χ3v) is 3.87. The molecule has 2 heteroatoms. The summed E-state index contributed by atoms with van der Waals surface area (Å²) in [7, 11) is 0. The summed E-state index contributed by atoms with van der Waals surface area (Å²) < 4.78 is 2.14. The number of hydrogen-bond acceptors (Lipinski definition) is 1. The molecule has 0 atom stereocenters. The van der Waals surface area contributed by atoms with Gasteiger partial charge in [0.1, 0.15) is 0 Å². The molecule has 2 aromatic carbocycles. The molecule has 20 heavy (non-hydrogen) atoms. The minimum Gasteiger partial charge on any atom is -0.342 e. The number of aromatic nitrogens is 1. The van der Waals surface area contributed by atoms with Crippen LogP contribution in [0.15, 0.2) is 48.7 Å². The largest absolute Gasteiger partial charge is 0.342 e. The second-order valence-corrected chi connectivity index (χ2v) is 5.27. The smallest absolute Gasteiger partial charge is 0.152 e. The van der Waals surface area contributed by atoms with E-state index in [1.54, 1.807) is 0 Å². The van der Waals surface area contributed by atoms with Crippen LogP contribution in [0, 0.1) is 13.8 Å². The maximum Gasteiger partial charge on any atom is 0.152 e. The van der Waals surface area contributed by atoms with Gasteiger partial charge in [0.05, 0.1) is 5.52 Å². The molecule has 0 amide bonds. The number of rotatable bonds is 3. The first-order valence-electron chi connectivity index (χ1n) is 6.78. The van der Waals surface area contributed by atoms with Crippen LogP contribution >= 0.6 is 0 Å². The van der Waals surface area contributed by atoms with Gasteiger partial charge in [-0.15, -0.1) is 0 Å². The predicted octanol–water partition coefficient (Wildman–Crippen LogP) is 4.12. The average molecular weight is 263 g/mol. The molecular formula is C18H17NO. The lowest BCUT2D eigenvalue weighted by molar-refractivity contribution is 0.112. The number of carbonyl (C=O) groups excluding carboxylic acids is 1. The number of para-hydroxylation sites is 1. The van der Waals surface area contributed by atoms with E-state index in [2.05, 4.69) is 42.7 Å². The Morgan fingerprint density at radius 1 is 1.05 bits per heavy atom. The number of carbonyl (C=O) groups is 1. The summed E-state index contributed by atoms with van der Waals surface area (Å²) in [5.74, 6) is 0. The topological polar surface area (TPSA) is 22.0 Å². The second kappa shape index (κ2) is 4.97. The molecular weight excluding hydrogens is 246 g/mol. The fourth-order valence-electron chi connectivity index (χ4n) is 2.62. The number of nitrogens with zero attached hydrogens (tertiary/aromatic N) is 1. The first kappa shape index (κ1) is 12.7. The SMILES string of the molecule is Cc1ccc(Cn2ccc3cccc(C=O)c32)cc1C. The number of benzene rings is 2. The average Bonchev–Trinajstić information content (AvgIpc) is 2.86. The van der Waals surface area contributed by atoms with Crippen LogP contribution in [-0.4, -0.2) is 10.9 Å².